The molecule has 1 aromatic carbocycles. The van der Waals surface area contributed by atoms with Crippen molar-refractivity contribution in [2.24, 2.45) is 5.41 Å². The van der Waals surface area contributed by atoms with E-state index in [1.54, 1.807) is 31.3 Å². The third-order valence-electron chi connectivity index (χ3n) is 4.33. The van der Waals surface area contributed by atoms with Crippen molar-refractivity contribution >= 4 is 23.3 Å². The van der Waals surface area contributed by atoms with Crippen LogP contribution in [-0.4, -0.2) is 42.8 Å². The summed E-state index contributed by atoms with van der Waals surface area (Å²) in [7, 11) is 1.65. The lowest BCUT2D eigenvalue weighted by atomic mass is 9.89. The van der Waals surface area contributed by atoms with Gasteiger partial charge in [-0.3, -0.25) is 14.5 Å². The molecule has 4 nitrogen and oxygen atoms in total. The Kier molecular flexibility index (Phi) is 4.69. The van der Waals surface area contributed by atoms with E-state index in [1.165, 1.54) is 0 Å². The number of nitrogens with one attached hydrogen (secondary N) is 1. The highest BCUT2D eigenvalue weighted by atomic mass is 35.5. The Morgan fingerprint density at radius 1 is 1.33 bits per heavy atom. The van der Waals surface area contributed by atoms with Gasteiger partial charge in [-0.05, 0) is 51.1 Å². The first-order chi connectivity index (χ1) is 9.87. The number of rotatable bonds is 4. The molecule has 1 amide bonds. The molecule has 21 heavy (non-hydrogen) atoms. The van der Waals surface area contributed by atoms with Gasteiger partial charge in [0.2, 0.25) is 5.91 Å². The fourth-order valence-electron chi connectivity index (χ4n) is 2.84. The van der Waals surface area contributed by atoms with E-state index >= 15 is 0 Å². The molecule has 1 saturated heterocycles. The number of likely N-dealkylation sites (tertiary alicyclic amines) is 1. The van der Waals surface area contributed by atoms with Crippen molar-refractivity contribution in [3.8, 4) is 0 Å². The summed E-state index contributed by atoms with van der Waals surface area (Å²) in [4.78, 5) is 26.5. The zero-order valence-electron chi connectivity index (χ0n) is 12.6. The van der Waals surface area contributed by atoms with Crippen LogP contribution in [0.5, 0.6) is 0 Å². The van der Waals surface area contributed by atoms with Crippen molar-refractivity contribution in [1.29, 1.82) is 0 Å². The van der Waals surface area contributed by atoms with Crippen molar-refractivity contribution in [2.75, 3.05) is 20.1 Å². The number of carbonyl (C=O) groups excluding carboxylic acids is 2. The van der Waals surface area contributed by atoms with Crippen LogP contribution in [0.15, 0.2) is 24.3 Å². The predicted molar refractivity (Wildman–Crippen MR) is 83.6 cm³/mol. The van der Waals surface area contributed by atoms with E-state index in [-0.39, 0.29) is 17.7 Å². The van der Waals surface area contributed by atoms with Gasteiger partial charge in [-0.15, -0.1) is 0 Å². The first-order valence-electron chi connectivity index (χ1n) is 7.13. The van der Waals surface area contributed by atoms with Crippen LogP contribution in [0.2, 0.25) is 5.02 Å². The maximum atomic E-state index is 12.5. The molecule has 0 bridgehead atoms. The molecule has 0 radical (unpaired) electrons. The quantitative estimate of drug-likeness (QED) is 0.869. The van der Waals surface area contributed by atoms with Gasteiger partial charge < -0.3 is 5.32 Å². The van der Waals surface area contributed by atoms with Gasteiger partial charge in [-0.1, -0.05) is 11.6 Å². The number of halogens is 1. The number of ketones is 1. The van der Waals surface area contributed by atoms with Gasteiger partial charge in [0.25, 0.3) is 0 Å². The molecule has 1 aromatic rings. The van der Waals surface area contributed by atoms with Gasteiger partial charge in [-0.2, -0.15) is 0 Å². The van der Waals surface area contributed by atoms with E-state index in [1.807, 2.05) is 13.8 Å². The van der Waals surface area contributed by atoms with Crippen molar-refractivity contribution in [2.45, 2.75) is 26.3 Å². The summed E-state index contributed by atoms with van der Waals surface area (Å²) in [6.07, 6.45) is 0.769. The lowest BCUT2D eigenvalue weighted by molar-refractivity contribution is -0.129. The Morgan fingerprint density at radius 2 is 1.95 bits per heavy atom. The van der Waals surface area contributed by atoms with E-state index < -0.39 is 5.41 Å². The monoisotopic (exact) mass is 308 g/mol. The first-order valence-corrected chi connectivity index (χ1v) is 7.51. The standard InChI is InChI=1S/C16H21ClN2O2/c1-11(14(20)12-4-6-13(17)7-5-12)19-9-8-16(2,10-19)15(21)18-3/h4-7,11H,8-10H2,1-3H3,(H,18,21). The second-order valence-corrected chi connectivity index (χ2v) is 6.34. The Balaban J connectivity index is 2.07. The Morgan fingerprint density at radius 3 is 2.52 bits per heavy atom. The maximum absolute atomic E-state index is 12.5. The lowest BCUT2D eigenvalue weighted by Gasteiger charge is -2.26. The number of Topliss-reactive ketones (excluding diaryl/α,β-unsaturated/α-hetero) is 1. The van der Waals surface area contributed by atoms with Crippen LogP contribution in [0.1, 0.15) is 30.6 Å². The summed E-state index contributed by atoms with van der Waals surface area (Å²) in [6.45, 7) is 5.20. The minimum atomic E-state index is -0.413. The van der Waals surface area contributed by atoms with Gasteiger partial charge in [0.1, 0.15) is 0 Å². The molecule has 0 aliphatic carbocycles. The molecule has 0 aromatic heterocycles. The number of hydrogen-bond donors (Lipinski definition) is 1. The summed E-state index contributed by atoms with van der Waals surface area (Å²) in [5, 5.41) is 3.33. The van der Waals surface area contributed by atoms with Gasteiger partial charge in [0.05, 0.1) is 11.5 Å². The molecule has 114 valence electrons. The Labute approximate surface area is 130 Å². The fourth-order valence-corrected chi connectivity index (χ4v) is 2.96. The van der Waals surface area contributed by atoms with Gasteiger partial charge >= 0.3 is 0 Å². The average Bonchev–Trinajstić information content (AvgIpc) is 2.89. The van der Waals surface area contributed by atoms with E-state index in [2.05, 4.69) is 10.2 Å². The first kappa shape index (κ1) is 16.0. The van der Waals surface area contributed by atoms with Crippen LogP contribution < -0.4 is 5.32 Å². The molecule has 2 atom stereocenters. The second kappa shape index (κ2) is 6.16. The van der Waals surface area contributed by atoms with Crippen molar-refractivity contribution in [3.05, 3.63) is 34.9 Å². The third kappa shape index (κ3) is 3.27. The smallest absolute Gasteiger partial charge is 0.227 e. The van der Waals surface area contributed by atoms with Crippen LogP contribution in [0.3, 0.4) is 0 Å². The summed E-state index contributed by atoms with van der Waals surface area (Å²) in [5.41, 5.74) is 0.240. The minimum absolute atomic E-state index is 0.0381. The largest absolute Gasteiger partial charge is 0.359 e. The van der Waals surface area contributed by atoms with E-state index in [0.29, 0.717) is 17.1 Å². The summed E-state index contributed by atoms with van der Waals surface area (Å²) in [6, 6.07) is 6.70. The van der Waals surface area contributed by atoms with Gasteiger partial charge in [0.15, 0.2) is 5.78 Å². The molecule has 1 N–H and O–H groups in total. The molecule has 1 heterocycles. The Bertz CT molecular complexity index is 544. The minimum Gasteiger partial charge on any atom is -0.359 e. The highest BCUT2D eigenvalue weighted by Crippen LogP contribution is 2.31. The van der Waals surface area contributed by atoms with Crippen LogP contribution in [0, 0.1) is 5.41 Å². The fraction of sp³-hybridized carbons (Fsp3) is 0.500. The van der Waals surface area contributed by atoms with Crippen LogP contribution in [-0.2, 0) is 4.79 Å². The molecule has 2 unspecified atom stereocenters. The van der Waals surface area contributed by atoms with Crippen molar-refractivity contribution in [3.63, 3.8) is 0 Å². The lowest BCUT2D eigenvalue weighted by Crippen LogP contribution is -2.43. The molecule has 5 heteroatoms. The van der Waals surface area contributed by atoms with Gasteiger partial charge in [0, 0.05) is 24.2 Å². The second-order valence-electron chi connectivity index (χ2n) is 5.91. The molecular formula is C16H21ClN2O2. The average molecular weight is 309 g/mol. The van der Waals surface area contributed by atoms with E-state index in [0.717, 1.165) is 13.0 Å². The molecule has 1 fully saturated rings. The SMILES string of the molecule is CNC(=O)C1(C)CCN(C(C)C(=O)c2ccc(Cl)cc2)C1. The van der Waals surface area contributed by atoms with E-state index in [9.17, 15) is 9.59 Å². The molecule has 1 aliphatic heterocycles. The molecular weight excluding hydrogens is 288 g/mol. The molecule has 1 aliphatic rings. The molecule has 0 saturated carbocycles. The number of benzene rings is 1. The Hall–Kier alpha value is -1.39. The summed E-state index contributed by atoms with van der Waals surface area (Å²) >= 11 is 5.85. The third-order valence-corrected chi connectivity index (χ3v) is 4.59. The van der Waals surface area contributed by atoms with Gasteiger partial charge in [-0.25, -0.2) is 0 Å². The number of hydrogen-bond acceptors (Lipinski definition) is 3. The number of nitrogens with zero attached hydrogens (tertiary/aromatic N) is 1. The van der Waals surface area contributed by atoms with E-state index in [4.69, 9.17) is 11.6 Å². The van der Waals surface area contributed by atoms with Crippen LogP contribution in [0.4, 0.5) is 0 Å². The van der Waals surface area contributed by atoms with Crippen molar-refractivity contribution < 1.29 is 9.59 Å². The van der Waals surface area contributed by atoms with Crippen molar-refractivity contribution in [1.82, 2.24) is 10.2 Å². The topological polar surface area (TPSA) is 49.4 Å². The zero-order valence-corrected chi connectivity index (χ0v) is 13.4. The van der Waals surface area contributed by atoms with Crippen LogP contribution in [0.25, 0.3) is 0 Å². The van der Waals surface area contributed by atoms with Crippen LogP contribution >= 0.6 is 11.6 Å². The predicted octanol–water partition coefficient (Wildman–Crippen LogP) is 2.37. The maximum Gasteiger partial charge on any atom is 0.227 e. The molecule has 0 spiro atoms. The highest BCUT2D eigenvalue weighted by Gasteiger charge is 2.42. The number of carbonyl (C=O) groups is 2. The summed E-state index contributed by atoms with van der Waals surface area (Å²) in [5.74, 6) is 0.101. The highest BCUT2D eigenvalue weighted by molar-refractivity contribution is 6.30. The number of amides is 1. The zero-order chi connectivity index (χ0) is 15.6. The molecule has 2 rings (SSSR count). The summed E-state index contributed by atoms with van der Waals surface area (Å²) < 4.78 is 0. The normalized spacial score (nSPS) is 23.8.